The molecule has 2 aromatic carbocycles. The van der Waals surface area contributed by atoms with Gasteiger partial charge in [-0.25, -0.2) is 4.79 Å². The maximum absolute atomic E-state index is 11.8. The maximum Gasteiger partial charge on any atom is 0.331 e. The van der Waals surface area contributed by atoms with Crippen LogP contribution >= 0.6 is 0 Å². The van der Waals surface area contributed by atoms with Crippen LogP contribution in [0, 0.1) is 11.3 Å². The Hall–Kier alpha value is -3.59. The Morgan fingerprint density at radius 1 is 1.11 bits per heavy atom. The molecule has 0 saturated heterocycles. The second-order valence-electron chi connectivity index (χ2n) is 6.01. The van der Waals surface area contributed by atoms with E-state index in [1.165, 1.54) is 6.08 Å². The second kappa shape index (κ2) is 9.78. The number of ether oxygens (including phenoxy) is 1. The van der Waals surface area contributed by atoms with E-state index in [-0.39, 0.29) is 12.5 Å². The van der Waals surface area contributed by atoms with Gasteiger partial charge in [0.1, 0.15) is 0 Å². The standard InChI is InChI=1S/C21H21N3O3/c1-24(2)19-10-7-18(8-11-19)14-23-20(25)15-27-21(26)12-9-16-3-5-17(13-22)6-4-16/h3-12H,14-15H2,1-2H3,(H,23,25)/b12-9+. The lowest BCUT2D eigenvalue weighted by Crippen LogP contribution is -2.28. The molecule has 0 aliphatic rings. The number of carbonyl (C=O) groups excluding carboxylic acids is 2. The molecule has 0 saturated carbocycles. The Bertz CT molecular complexity index is 848. The first-order valence-corrected chi connectivity index (χ1v) is 8.36. The highest BCUT2D eigenvalue weighted by molar-refractivity contribution is 5.89. The Labute approximate surface area is 158 Å². The van der Waals surface area contributed by atoms with Crippen molar-refractivity contribution < 1.29 is 14.3 Å². The molecule has 1 N–H and O–H groups in total. The lowest BCUT2D eigenvalue weighted by Gasteiger charge is -2.12. The predicted molar refractivity (Wildman–Crippen MR) is 104 cm³/mol. The number of rotatable bonds is 7. The number of nitrogens with zero attached hydrogens (tertiary/aromatic N) is 2. The zero-order chi connectivity index (χ0) is 19.6. The molecule has 6 nitrogen and oxygen atoms in total. The fraction of sp³-hybridized carbons (Fsp3) is 0.190. The summed E-state index contributed by atoms with van der Waals surface area (Å²) in [5, 5.41) is 11.4. The molecule has 138 valence electrons. The quantitative estimate of drug-likeness (QED) is 0.604. The topological polar surface area (TPSA) is 82.4 Å². The molecule has 2 aromatic rings. The van der Waals surface area contributed by atoms with Crippen LogP contribution < -0.4 is 10.2 Å². The van der Waals surface area contributed by atoms with Gasteiger partial charge in [0.2, 0.25) is 0 Å². The number of carbonyl (C=O) groups is 2. The van der Waals surface area contributed by atoms with Gasteiger partial charge in [0.25, 0.3) is 5.91 Å². The molecule has 0 atom stereocenters. The molecule has 0 fully saturated rings. The van der Waals surface area contributed by atoms with Crippen LogP contribution in [0.15, 0.2) is 54.6 Å². The van der Waals surface area contributed by atoms with Gasteiger partial charge in [-0.3, -0.25) is 4.79 Å². The summed E-state index contributed by atoms with van der Waals surface area (Å²) in [7, 11) is 3.92. The molecule has 0 aliphatic heterocycles. The smallest absolute Gasteiger partial charge is 0.331 e. The van der Waals surface area contributed by atoms with Crippen molar-refractivity contribution in [2.75, 3.05) is 25.6 Å². The van der Waals surface area contributed by atoms with Crippen molar-refractivity contribution in [3.8, 4) is 6.07 Å². The monoisotopic (exact) mass is 363 g/mol. The van der Waals surface area contributed by atoms with Crippen molar-refractivity contribution in [2.24, 2.45) is 0 Å². The van der Waals surface area contributed by atoms with Crippen molar-refractivity contribution in [1.29, 1.82) is 5.26 Å². The van der Waals surface area contributed by atoms with Gasteiger partial charge in [0, 0.05) is 32.4 Å². The summed E-state index contributed by atoms with van der Waals surface area (Å²) >= 11 is 0. The second-order valence-corrected chi connectivity index (χ2v) is 6.01. The Kier molecular flexibility index (Phi) is 7.15. The molecular weight excluding hydrogens is 342 g/mol. The number of hydrogen-bond donors (Lipinski definition) is 1. The van der Waals surface area contributed by atoms with Crippen LogP contribution in [0.5, 0.6) is 0 Å². The molecule has 2 rings (SSSR count). The lowest BCUT2D eigenvalue weighted by molar-refractivity contribution is -0.143. The highest BCUT2D eigenvalue weighted by Crippen LogP contribution is 2.12. The molecule has 27 heavy (non-hydrogen) atoms. The molecule has 0 unspecified atom stereocenters. The number of nitriles is 1. The van der Waals surface area contributed by atoms with Gasteiger partial charge in [-0.15, -0.1) is 0 Å². The fourth-order valence-corrected chi connectivity index (χ4v) is 2.18. The third kappa shape index (κ3) is 6.67. The number of benzene rings is 2. The van der Waals surface area contributed by atoms with E-state index in [2.05, 4.69) is 5.32 Å². The van der Waals surface area contributed by atoms with Crippen molar-refractivity contribution in [3.05, 3.63) is 71.3 Å². The van der Waals surface area contributed by atoms with Crippen LogP contribution in [0.3, 0.4) is 0 Å². The van der Waals surface area contributed by atoms with Crippen LogP contribution in [0.25, 0.3) is 6.08 Å². The van der Waals surface area contributed by atoms with Crippen molar-refractivity contribution in [2.45, 2.75) is 6.54 Å². The van der Waals surface area contributed by atoms with Crippen LogP contribution in [-0.4, -0.2) is 32.6 Å². The Balaban J connectivity index is 1.73. The van der Waals surface area contributed by atoms with Gasteiger partial charge in [-0.05, 0) is 41.5 Å². The third-order valence-corrected chi connectivity index (χ3v) is 3.74. The van der Waals surface area contributed by atoms with E-state index in [0.29, 0.717) is 12.1 Å². The molecule has 1 amide bonds. The van der Waals surface area contributed by atoms with Crippen LogP contribution in [0.4, 0.5) is 5.69 Å². The number of hydrogen-bond acceptors (Lipinski definition) is 5. The minimum Gasteiger partial charge on any atom is -0.452 e. The largest absolute Gasteiger partial charge is 0.452 e. The van der Waals surface area contributed by atoms with Gasteiger partial charge < -0.3 is 15.0 Å². The summed E-state index contributed by atoms with van der Waals surface area (Å²) in [5.41, 5.74) is 3.34. The van der Waals surface area contributed by atoms with E-state index in [0.717, 1.165) is 16.8 Å². The average molecular weight is 363 g/mol. The van der Waals surface area contributed by atoms with Gasteiger partial charge in [-0.1, -0.05) is 24.3 Å². The normalized spacial score (nSPS) is 10.3. The first kappa shape index (κ1) is 19.7. The zero-order valence-electron chi connectivity index (χ0n) is 15.3. The van der Waals surface area contributed by atoms with Crippen LogP contribution in [-0.2, 0) is 20.9 Å². The maximum atomic E-state index is 11.8. The minimum absolute atomic E-state index is 0.341. The first-order chi connectivity index (χ1) is 13.0. The highest BCUT2D eigenvalue weighted by atomic mass is 16.5. The molecule has 0 aromatic heterocycles. The molecule has 6 heteroatoms. The summed E-state index contributed by atoms with van der Waals surface area (Å²) in [5.74, 6) is -0.975. The van der Waals surface area contributed by atoms with Crippen molar-refractivity contribution in [3.63, 3.8) is 0 Å². The molecule has 0 aliphatic carbocycles. The van der Waals surface area contributed by atoms with Gasteiger partial charge in [0.15, 0.2) is 6.61 Å². The van der Waals surface area contributed by atoms with E-state index in [9.17, 15) is 9.59 Å². The SMILES string of the molecule is CN(C)c1ccc(CNC(=O)COC(=O)/C=C/c2ccc(C#N)cc2)cc1. The molecule has 0 spiro atoms. The van der Waals surface area contributed by atoms with Gasteiger partial charge in [0.05, 0.1) is 11.6 Å². The summed E-state index contributed by atoms with van der Waals surface area (Å²) in [4.78, 5) is 25.5. The van der Waals surface area contributed by atoms with Gasteiger partial charge in [-0.2, -0.15) is 5.26 Å². The lowest BCUT2D eigenvalue weighted by atomic mass is 10.1. The van der Waals surface area contributed by atoms with Crippen LogP contribution in [0.1, 0.15) is 16.7 Å². The highest BCUT2D eigenvalue weighted by Gasteiger charge is 2.05. The van der Waals surface area contributed by atoms with E-state index >= 15 is 0 Å². The average Bonchev–Trinajstić information content (AvgIpc) is 2.69. The first-order valence-electron chi connectivity index (χ1n) is 8.36. The third-order valence-electron chi connectivity index (χ3n) is 3.74. The fourth-order valence-electron chi connectivity index (χ4n) is 2.18. The molecule has 0 bridgehead atoms. The van der Waals surface area contributed by atoms with Gasteiger partial charge >= 0.3 is 5.97 Å². The number of nitrogens with one attached hydrogen (secondary N) is 1. The zero-order valence-corrected chi connectivity index (χ0v) is 15.3. The number of amides is 1. The van der Waals surface area contributed by atoms with E-state index in [1.807, 2.05) is 49.3 Å². The van der Waals surface area contributed by atoms with E-state index < -0.39 is 5.97 Å². The molecule has 0 heterocycles. The number of esters is 1. The summed E-state index contributed by atoms with van der Waals surface area (Å²) < 4.78 is 4.91. The Morgan fingerprint density at radius 2 is 1.78 bits per heavy atom. The summed E-state index contributed by atoms with van der Waals surface area (Å²) in [6.07, 6.45) is 2.81. The van der Waals surface area contributed by atoms with Crippen molar-refractivity contribution >= 4 is 23.6 Å². The van der Waals surface area contributed by atoms with Crippen molar-refractivity contribution in [1.82, 2.24) is 5.32 Å². The van der Waals surface area contributed by atoms with Crippen LogP contribution in [0.2, 0.25) is 0 Å². The summed E-state index contributed by atoms with van der Waals surface area (Å²) in [6.45, 7) is 0.0253. The molecule has 0 radical (unpaired) electrons. The summed E-state index contributed by atoms with van der Waals surface area (Å²) in [6, 6.07) is 16.6. The van der Waals surface area contributed by atoms with E-state index in [4.69, 9.17) is 10.00 Å². The Morgan fingerprint density at radius 3 is 2.37 bits per heavy atom. The molecular formula is C21H21N3O3. The minimum atomic E-state index is -0.607. The number of anilines is 1. The predicted octanol–water partition coefficient (Wildman–Crippen LogP) is 2.50. The van der Waals surface area contributed by atoms with E-state index in [1.54, 1.807) is 30.3 Å².